The van der Waals surface area contributed by atoms with Crippen LogP contribution in [0.5, 0.6) is 0 Å². The van der Waals surface area contributed by atoms with Gasteiger partial charge in [-0.25, -0.2) is 0 Å². The maximum absolute atomic E-state index is 6.71. The van der Waals surface area contributed by atoms with Crippen molar-refractivity contribution >= 4 is 110 Å². The molecule has 0 bridgehead atoms. The summed E-state index contributed by atoms with van der Waals surface area (Å²) in [6, 6.07) is 25.3. The van der Waals surface area contributed by atoms with Crippen LogP contribution in [0.4, 0.5) is 0 Å². The summed E-state index contributed by atoms with van der Waals surface area (Å²) in [6.07, 6.45) is 0. The zero-order chi connectivity index (χ0) is 34.6. The van der Waals surface area contributed by atoms with E-state index in [1.165, 1.54) is 93.4 Å². The molecule has 0 saturated carbocycles. The number of nitrogens with zero attached hydrogens (tertiary/aromatic N) is 1. The molecule has 0 atom stereocenters. The van der Waals surface area contributed by atoms with Gasteiger partial charge in [0.15, 0.2) is 0 Å². The van der Waals surface area contributed by atoms with E-state index in [4.69, 9.17) is 4.42 Å². The molecule has 0 spiro atoms. The van der Waals surface area contributed by atoms with Crippen LogP contribution < -0.4 is 27.3 Å². The monoisotopic (exact) mass is 623 g/mol. The molecule has 7 rings (SSSR count). The van der Waals surface area contributed by atoms with Crippen molar-refractivity contribution < 1.29 is 4.42 Å². The Morgan fingerprint density at radius 2 is 1.08 bits per heavy atom. The van der Waals surface area contributed by atoms with Gasteiger partial charge in [-0.3, -0.25) is 0 Å². The van der Waals surface area contributed by atoms with Gasteiger partial charge >= 0.3 is 0 Å². The van der Waals surface area contributed by atoms with E-state index >= 15 is 0 Å². The Labute approximate surface area is 290 Å². The van der Waals surface area contributed by atoms with Gasteiger partial charge in [-0.15, -0.1) is 16.4 Å². The van der Waals surface area contributed by atoms with Crippen molar-refractivity contribution in [3.8, 4) is 16.8 Å². The minimum absolute atomic E-state index is 0.0569. The number of benzene rings is 5. The second kappa shape index (κ2) is 11.0. The molecule has 0 N–H and O–H groups in total. The lowest BCUT2D eigenvalue weighted by Gasteiger charge is -2.22. The molecule has 48 heavy (non-hydrogen) atoms. The number of furan rings is 1. The second-order valence-electron chi connectivity index (χ2n) is 16.6. The lowest BCUT2D eigenvalue weighted by molar-refractivity contribution is 0.590. The molecule has 236 valence electrons. The van der Waals surface area contributed by atoms with E-state index in [1.54, 1.807) is 0 Å². The molecule has 5 aromatic carbocycles. The number of hydrogen-bond donors (Lipinski definition) is 0. The minimum Gasteiger partial charge on any atom is -0.456 e. The van der Waals surface area contributed by atoms with Gasteiger partial charge < -0.3 is 8.98 Å². The first kappa shape index (κ1) is 32.6. The van der Waals surface area contributed by atoms with Gasteiger partial charge in [-0.05, 0) is 87.0 Å². The summed E-state index contributed by atoms with van der Waals surface area (Å²) in [6.45, 7) is 18.5. The number of hydrogen-bond acceptors (Lipinski definition) is 1. The molecule has 0 fully saturated rings. The fourth-order valence-electron chi connectivity index (χ4n) is 8.03. The molecule has 0 saturated heterocycles. The van der Waals surface area contributed by atoms with Crippen molar-refractivity contribution in [1.82, 2.24) is 4.57 Å². The highest BCUT2D eigenvalue weighted by molar-refractivity contribution is 6.69. The van der Waals surface area contributed by atoms with Crippen LogP contribution in [0.25, 0.3) is 60.6 Å². The Morgan fingerprint density at radius 1 is 0.583 bits per heavy atom. The fourth-order valence-corrected chi connectivity index (χ4v) is 8.03. The third kappa shape index (κ3) is 4.83. The first-order chi connectivity index (χ1) is 22.5. The van der Waals surface area contributed by atoms with Crippen molar-refractivity contribution in [2.24, 2.45) is 0 Å². The predicted molar refractivity (Wildman–Crippen MR) is 226 cm³/mol. The van der Waals surface area contributed by atoms with Crippen LogP contribution in [0.3, 0.4) is 0 Å². The molecule has 2 aromatic heterocycles. The van der Waals surface area contributed by atoms with Gasteiger partial charge in [0, 0.05) is 21.5 Å². The van der Waals surface area contributed by atoms with Crippen LogP contribution in [0, 0.1) is 0 Å². The lowest BCUT2D eigenvalue weighted by atomic mass is 9.59. The van der Waals surface area contributed by atoms with E-state index in [0.29, 0.717) is 0 Å². The quantitative estimate of drug-likeness (QED) is 0.277. The average Bonchev–Trinajstić information content (AvgIpc) is 3.57. The minimum atomic E-state index is 0.0569. The highest BCUT2D eigenvalue weighted by Gasteiger charge is 2.26. The number of aromatic nitrogens is 1. The number of fused-ring (bicyclic) bond motifs is 6. The molecular weight excluding hydrogens is 577 g/mol. The molecule has 0 radical (unpaired) electrons. The Bertz CT molecular complexity index is 2350. The Morgan fingerprint density at radius 3 is 1.58 bits per heavy atom. The topological polar surface area (TPSA) is 18.1 Å². The Kier molecular flexibility index (Phi) is 7.48. The third-order valence-corrected chi connectivity index (χ3v) is 11.3. The summed E-state index contributed by atoms with van der Waals surface area (Å²) >= 11 is 0. The molecule has 0 unspecified atom stereocenters. The highest BCUT2D eigenvalue weighted by Crippen LogP contribution is 2.44. The summed E-state index contributed by atoms with van der Waals surface area (Å²) in [5, 5.41) is 5.08. The largest absolute Gasteiger partial charge is 0.456 e. The Hall–Kier alpha value is -3.98. The van der Waals surface area contributed by atoms with E-state index in [-0.39, 0.29) is 16.7 Å². The van der Waals surface area contributed by atoms with E-state index < -0.39 is 0 Å². The van der Waals surface area contributed by atoms with Crippen LogP contribution >= 0.6 is 0 Å². The first-order valence-electron chi connectivity index (χ1n) is 17.7. The first-order valence-corrected chi connectivity index (χ1v) is 17.7. The van der Waals surface area contributed by atoms with Crippen LogP contribution in [-0.4, -0.2) is 43.8 Å². The van der Waals surface area contributed by atoms with E-state index in [9.17, 15) is 0 Å². The van der Waals surface area contributed by atoms with Crippen molar-refractivity contribution in [2.45, 2.75) is 72.1 Å². The molecule has 7 aromatic rings. The van der Waals surface area contributed by atoms with Gasteiger partial charge in [-0.2, -0.15) is 0 Å². The standard InChI is InChI=1S/C41H46B5NO/c1-20(2)31-28(47-26-14-12-21(40(3,4)5)18-24(26)25-19-22(41(6,7)8)13-15-27(25)47)16-17-30-34(31)32-23(10-9-11-29(32)48-30)33-35(42)37(44)39(46)38(45)36(33)43/h9-20H,42-46H2,1-8H3. The van der Waals surface area contributed by atoms with Crippen molar-refractivity contribution in [1.29, 1.82) is 0 Å². The van der Waals surface area contributed by atoms with Crippen LogP contribution in [0.1, 0.15) is 78.0 Å². The average molecular weight is 623 g/mol. The van der Waals surface area contributed by atoms with Gasteiger partial charge in [0.05, 0.1) is 16.7 Å². The normalized spacial score (nSPS) is 12.8. The van der Waals surface area contributed by atoms with Gasteiger partial charge in [0.1, 0.15) is 50.4 Å². The molecule has 0 aliphatic heterocycles. The molecule has 0 aliphatic carbocycles. The summed E-state index contributed by atoms with van der Waals surface area (Å²) in [4.78, 5) is 0. The molecule has 2 heterocycles. The molecule has 0 amide bonds. The van der Waals surface area contributed by atoms with Crippen molar-refractivity contribution in [3.05, 3.63) is 83.4 Å². The highest BCUT2D eigenvalue weighted by atomic mass is 16.3. The summed E-state index contributed by atoms with van der Waals surface area (Å²) in [7, 11) is 11.4. The zero-order valence-electron chi connectivity index (χ0n) is 31.3. The van der Waals surface area contributed by atoms with Gasteiger partial charge in [0.25, 0.3) is 0 Å². The molecule has 2 nitrogen and oxygen atoms in total. The summed E-state index contributed by atoms with van der Waals surface area (Å²) < 4.78 is 9.24. The SMILES string of the molecule is Bc1c(B)c(B)c(-c2cccc3oc4ccc(-n5c6ccc(C(C)(C)C)cc6c6cc(C(C)(C)C)ccc65)c(C(C)C)c4c23)c(B)c1B. The second-order valence-corrected chi connectivity index (χ2v) is 16.6. The maximum Gasteiger partial charge on any atom is 0.139 e. The smallest absolute Gasteiger partial charge is 0.139 e. The summed E-state index contributed by atoms with van der Waals surface area (Å²) in [5.41, 5.74) is 19.2. The van der Waals surface area contributed by atoms with Gasteiger partial charge in [-0.1, -0.05) is 90.6 Å². The Balaban J connectivity index is 1.64. The summed E-state index contributed by atoms with van der Waals surface area (Å²) in [5.74, 6) is 0.261. The van der Waals surface area contributed by atoms with Crippen LogP contribution in [-0.2, 0) is 10.8 Å². The maximum atomic E-state index is 6.71. The molecular formula is C41H46B5NO. The number of rotatable bonds is 3. The van der Waals surface area contributed by atoms with Crippen molar-refractivity contribution in [2.75, 3.05) is 0 Å². The van der Waals surface area contributed by atoms with Crippen LogP contribution in [0.15, 0.2) is 71.1 Å². The predicted octanol–water partition coefficient (Wildman–Crippen LogP) is 3.36. The zero-order valence-corrected chi connectivity index (χ0v) is 31.3. The fraction of sp³-hybridized carbons (Fsp3) is 0.268. The molecule has 7 heteroatoms. The van der Waals surface area contributed by atoms with E-state index in [1.807, 2.05) is 0 Å². The lowest BCUT2D eigenvalue weighted by Crippen LogP contribution is -2.55. The van der Waals surface area contributed by atoms with Gasteiger partial charge in [0.2, 0.25) is 0 Å². The van der Waals surface area contributed by atoms with Crippen molar-refractivity contribution in [3.63, 3.8) is 0 Å². The molecule has 0 aliphatic rings. The third-order valence-electron chi connectivity index (χ3n) is 11.3. The van der Waals surface area contributed by atoms with E-state index in [0.717, 1.165) is 11.2 Å². The van der Waals surface area contributed by atoms with E-state index in [2.05, 4.69) is 166 Å². The van der Waals surface area contributed by atoms with Crippen LogP contribution in [0.2, 0.25) is 0 Å².